The fourth-order valence-electron chi connectivity index (χ4n) is 1.60. The first-order valence-electron chi connectivity index (χ1n) is 4.67. The lowest BCUT2D eigenvalue weighted by atomic mass is 9.97. The average Bonchev–Trinajstić information content (AvgIpc) is 1.84. The van der Waals surface area contributed by atoms with E-state index in [0.29, 0.717) is 0 Å². The molecule has 0 spiro atoms. The Bertz CT molecular complexity index is 136. The second kappa shape index (κ2) is 4.55. The van der Waals surface area contributed by atoms with E-state index in [-0.39, 0.29) is 6.10 Å². The Kier molecular flexibility index (Phi) is 3.64. The Morgan fingerprint density at radius 3 is 2.73 bits per heavy atom. The summed E-state index contributed by atoms with van der Waals surface area (Å²) in [7, 11) is 0. The van der Waals surface area contributed by atoms with Crippen LogP contribution in [0, 0.1) is 0 Å². The van der Waals surface area contributed by atoms with Gasteiger partial charge in [-0.2, -0.15) is 0 Å². The van der Waals surface area contributed by atoms with Crippen molar-refractivity contribution in [3.8, 4) is 0 Å². The van der Waals surface area contributed by atoms with E-state index in [1.54, 1.807) is 0 Å². The molecule has 1 heteroatoms. The normalized spacial score (nSPS) is 28.0. The Hall–Kier alpha value is -0.300. The molecule has 0 aromatic carbocycles. The van der Waals surface area contributed by atoms with Crippen LogP contribution in [-0.2, 0) is 0 Å². The first kappa shape index (κ1) is 8.79. The molecule has 0 aliphatic heterocycles. The van der Waals surface area contributed by atoms with Crippen LogP contribution in [0.3, 0.4) is 0 Å². The topological polar surface area (TPSA) is 20.2 Å². The van der Waals surface area contributed by atoms with Crippen molar-refractivity contribution in [2.24, 2.45) is 0 Å². The summed E-state index contributed by atoms with van der Waals surface area (Å²) in [4.78, 5) is 0. The van der Waals surface area contributed by atoms with Gasteiger partial charge in [-0.1, -0.05) is 18.9 Å². The van der Waals surface area contributed by atoms with E-state index in [1.807, 2.05) is 6.92 Å². The third-order valence-electron chi connectivity index (χ3n) is 2.36. The first-order valence-corrected chi connectivity index (χ1v) is 4.67. The van der Waals surface area contributed by atoms with Crippen molar-refractivity contribution in [2.45, 2.75) is 51.6 Å². The minimum atomic E-state index is -0.215. The van der Waals surface area contributed by atoms with Crippen molar-refractivity contribution in [1.29, 1.82) is 0 Å². The quantitative estimate of drug-likeness (QED) is 0.576. The fourth-order valence-corrected chi connectivity index (χ4v) is 1.60. The Labute approximate surface area is 69.1 Å². The molecule has 0 heterocycles. The van der Waals surface area contributed by atoms with E-state index in [0.717, 1.165) is 6.42 Å². The summed E-state index contributed by atoms with van der Waals surface area (Å²) in [5.41, 5.74) is 1.25. The third-order valence-corrected chi connectivity index (χ3v) is 2.36. The van der Waals surface area contributed by atoms with Crippen LogP contribution in [0.5, 0.6) is 0 Å². The average molecular weight is 154 g/mol. The molecule has 0 aromatic rings. The summed E-state index contributed by atoms with van der Waals surface area (Å²) in [6.45, 7) is 1.87. The van der Waals surface area contributed by atoms with Gasteiger partial charge in [-0.05, 0) is 38.2 Å². The van der Waals surface area contributed by atoms with Crippen LogP contribution in [0.4, 0.5) is 0 Å². The number of aliphatic hydroxyl groups excluding tert-OH is 1. The van der Waals surface area contributed by atoms with E-state index in [4.69, 9.17) is 0 Å². The van der Waals surface area contributed by atoms with Gasteiger partial charge < -0.3 is 5.11 Å². The molecule has 1 atom stereocenters. The zero-order chi connectivity index (χ0) is 8.10. The standard InChI is InChI=1S/C10H18O/c1-9(11)10-7-5-3-2-4-6-8-10/h7,9,11H,2-6,8H2,1H3/b10-7+. The molecule has 11 heavy (non-hydrogen) atoms. The van der Waals surface area contributed by atoms with Crippen molar-refractivity contribution in [3.63, 3.8) is 0 Å². The molecule has 0 saturated heterocycles. The molecule has 1 rings (SSSR count). The smallest absolute Gasteiger partial charge is 0.0721 e. The molecule has 0 saturated carbocycles. The van der Waals surface area contributed by atoms with Crippen LogP contribution in [-0.4, -0.2) is 11.2 Å². The summed E-state index contributed by atoms with van der Waals surface area (Å²) in [6, 6.07) is 0. The third kappa shape index (κ3) is 3.06. The van der Waals surface area contributed by atoms with Gasteiger partial charge in [0.1, 0.15) is 0 Å². The predicted molar refractivity (Wildman–Crippen MR) is 47.5 cm³/mol. The van der Waals surface area contributed by atoms with Crippen LogP contribution >= 0.6 is 0 Å². The van der Waals surface area contributed by atoms with Gasteiger partial charge in [-0.15, -0.1) is 0 Å². The van der Waals surface area contributed by atoms with Crippen LogP contribution in [0.1, 0.15) is 45.4 Å². The van der Waals surface area contributed by atoms with Gasteiger partial charge in [-0.3, -0.25) is 0 Å². The van der Waals surface area contributed by atoms with Gasteiger partial charge in [0.2, 0.25) is 0 Å². The maximum absolute atomic E-state index is 9.33. The maximum atomic E-state index is 9.33. The highest BCUT2D eigenvalue weighted by molar-refractivity contribution is 5.07. The molecule has 1 aliphatic rings. The molecule has 0 bridgehead atoms. The molecule has 0 fully saturated rings. The van der Waals surface area contributed by atoms with Gasteiger partial charge in [0.15, 0.2) is 0 Å². The van der Waals surface area contributed by atoms with Crippen molar-refractivity contribution >= 4 is 0 Å². The van der Waals surface area contributed by atoms with E-state index in [2.05, 4.69) is 6.08 Å². The van der Waals surface area contributed by atoms with Crippen LogP contribution < -0.4 is 0 Å². The second-order valence-electron chi connectivity index (χ2n) is 3.41. The highest BCUT2D eigenvalue weighted by atomic mass is 16.3. The number of allylic oxidation sites excluding steroid dienone is 1. The summed E-state index contributed by atoms with van der Waals surface area (Å²) < 4.78 is 0. The minimum absolute atomic E-state index is 0.215. The van der Waals surface area contributed by atoms with Gasteiger partial charge in [-0.25, -0.2) is 0 Å². The maximum Gasteiger partial charge on any atom is 0.0721 e. The summed E-state index contributed by atoms with van der Waals surface area (Å²) in [5.74, 6) is 0. The van der Waals surface area contributed by atoms with Crippen LogP contribution in [0.25, 0.3) is 0 Å². The van der Waals surface area contributed by atoms with Crippen LogP contribution in [0.2, 0.25) is 0 Å². The van der Waals surface area contributed by atoms with Gasteiger partial charge in [0.25, 0.3) is 0 Å². The van der Waals surface area contributed by atoms with Gasteiger partial charge >= 0.3 is 0 Å². The lowest BCUT2D eigenvalue weighted by Crippen LogP contribution is -2.05. The largest absolute Gasteiger partial charge is 0.389 e. The van der Waals surface area contributed by atoms with Crippen molar-refractivity contribution in [1.82, 2.24) is 0 Å². The number of hydrogen-bond donors (Lipinski definition) is 1. The molecule has 0 aromatic heterocycles. The predicted octanol–water partition coefficient (Wildman–Crippen LogP) is 2.65. The van der Waals surface area contributed by atoms with Crippen molar-refractivity contribution in [3.05, 3.63) is 11.6 Å². The van der Waals surface area contributed by atoms with Crippen LogP contribution in [0.15, 0.2) is 11.6 Å². The van der Waals surface area contributed by atoms with E-state index >= 15 is 0 Å². The molecule has 64 valence electrons. The van der Waals surface area contributed by atoms with E-state index < -0.39 is 0 Å². The zero-order valence-corrected chi connectivity index (χ0v) is 7.34. The fraction of sp³-hybridized carbons (Fsp3) is 0.800. The van der Waals surface area contributed by atoms with E-state index in [9.17, 15) is 5.11 Å². The zero-order valence-electron chi connectivity index (χ0n) is 7.34. The highest BCUT2D eigenvalue weighted by Crippen LogP contribution is 2.18. The lowest BCUT2D eigenvalue weighted by molar-refractivity contribution is 0.225. The SMILES string of the molecule is CC(O)/C1=C/CCCCCC1. The highest BCUT2D eigenvalue weighted by Gasteiger charge is 2.05. The van der Waals surface area contributed by atoms with E-state index in [1.165, 1.54) is 37.7 Å². The molecular formula is C10H18O. The second-order valence-corrected chi connectivity index (χ2v) is 3.41. The molecule has 1 nitrogen and oxygen atoms in total. The summed E-state index contributed by atoms with van der Waals surface area (Å²) >= 11 is 0. The number of aliphatic hydroxyl groups is 1. The number of hydrogen-bond acceptors (Lipinski definition) is 1. The molecule has 1 unspecified atom stereocenters. The molecule has 1 N–H and O–H groups in total. The summed E-state index contributed by atoms with van der Waals surface area (Å²) in [5, 5.41) is 9.33. The first-order chi connectivity index (χ1) is 5.30. The monoisotopic (exact) mass is 154 g/mol. The molecule has 0 amide bonds. The molecule has 1 aliphatic carbocycles. The lowest BCUT2D eigenvalue weighted by Gasteiger charge is -2.13. The summed E-state index contributed by atoms with van der Waals surface area (Å²) in [6.07, 6.45) is 9.55. The Morgan fingerprint density at radius 1 is 1.27 bits per heavy atom. The Balaban J connectivity index is 2.45. The molecule has 0 radical (unpaired) electrons. The number of rotatable bonds is 1. The van der Waals surface area contributed by atoms with Gasteiger partial charge in [0.05, 0.1) is 6.10 Å². The van der Waals surface area contributed by atoms with Gasteiger partial charge in [0, 0.05) is 0 Å². The van der Waals surface area contributed by atoms with Crippen molar-refractivity contribution < 1.29 is 5.11 Å². The Morgan fingerprint density at radius 2 is 2.00 bits per heavy atom. The minimum Gasteiger partial charge on any atom is -0.389 e. The van der Waals surface area contributed by atoms with Crippen molar-refractivity contribution in [2.75, 3.05) is 0 Å². The molecular weight excluding hydrogens is 136 g/mol.